The Hall–Kier alpha value is -2.76. The van der Waals surface area contributed by atoms with Crippen molar-refractivity contribution in [1.29, 1.82) is 0 Å². The summed E-state index contributed by atoms with van der Waals surface area (Å²) in [6.07, 6.45) is 3.12. The average Bonchev–Trinajstić information content (AvgIpc) is 3.08. The number of phenols is 1. The standard InChI is InChI=1S/C13H11N3O3/c1-18-8-2-3-9(12(17)6-8)13-10(7-14-15-13)11-4-5-19-16-11/h2-7,17H,1H3,(H,14,15). The van der Waals surface area contributed by atoms with Crippen LogP contribution in [0.3, 0.4) is 0 Å². The second-order valence-corrected chi connectivity index (χ2v) is 3.93. The molecule has 0 saturated carbocycles. The Labute approximate surface area is 108 Å². The molecular weight excluding hydrogens is 246 g/mol. The molecule has 2 N–H and O–H groups in total. The highest BCUT2D eigenvalue weighted by Crippen LogP contribution is 2.36. The highest BCUT2D eigenvalue weighted by Gasteiger charge is 2.15. The van der Waals surface area contributed by atoms with Crippen LogP contribution in [0, 0.1) is 0 Å². The van der Waals surface area contributed by atoms with Gasteiger partial charge in [0.2, 0.25) is 0 Å². The van der Waals surface area contributed by atoms with Gasteiger partial charge in [-0.15, -0.1) is 0 Å². The van der Waals surface area contributed by atoms with Crippen molar-refractivity contribution in [1.82, 2.24) is 15.4 Å². The third-order valence-corrected chi connectivity index (χ3v) is 2.83. The normalized spacial score (nSPS) is 10.6. The Kier molecular flexibility index (Phi) is 2.68. The van der Waals surface area contributed by atoms with Gasteiger partial charge < -0.3 is 14.4 Å². The first-order valence-electron chi connectivity index (χ1n) is 5.61. The molecule has 0 aliphatic heterocycles. The molecule has 6 heteroatoms. The summed E-state index contributed by atoms with van der Waals surface area (Å²) in [6.45, 7) is 0. The number of benzene rings is 1. The van der Waals surface area contributed by atoms with Crippen LogP contribution in [-0.4, -0.2) is 27.6 Å². The summed E-state index contributed by atoms with van der Waals surface area (Å²) < 4.78 is 9.88. The molecule has 2 heterocycles. The van der Waals surface area contributed by atoms with Crippen LogP contribution in [0.4, 0.5) is 0 Å². The Balaban J connectivity index is 2.11. The second kappa shape index (κ2) is 4.49. The number of hydrogen-bond acceptors (Lipinski definition) is 5. The van der Waals surface area contributed by atoms with Crippen LogP contribution in [0.1, 0.15) is 0 Å². The first-order valence-corrected chi connectivity index (χ1v) is 5.61. The molecule has 0 atom stereocenters. The Bertz CT molecular complexity index is 689. The molecule has 0 amide bonds. The molecule has 3 aromatic rings. The number of ether oxygens (including phenoxy) is 1. The monoisotopic (exact) mass is 257 g/mol. The van der Waals surface area contributed by atoms with Crippen LogP contribution in [0.25, 0.3) is 22.5 Å². The number of methoxy groups -OCH3 is 1. The van der Waals surface area contributed by atoms with Crippen molar-refractivity contribution in [3.05, 3.63) is 36.7 Å². The van der Waals surface area contributed by atoms with Crippen LogP contribution < -0.4 is 4.74 Å². The number of aromatic amines is 1. The maximum atomic E-state index is 10.0. The first-order chi connectivity index (χ1) is 9.29. The summed E-state index contributed by atoms with van der Waals surface area (Å²) in [5, 5.41) is 20.8. The molecule has 0 saturated heterocycles. The van der Waals surface area contributed by atoms with Crippen LogP contribution in [0.2, 0.25) is 0 Å². The number of nitrogens with one attached hydrogen (secondary N) is 1. The van der Waals surface area contributed by atoms with Gasteiger partial charge in [-0.2, -0.15) is 5.10 Å². The number of nitrogens with zero attached hydrogens (tertiary/aromatic N) is 2. The molecule has 3 rings (SSSR count). The lowest BCUT2D eigenvalue weighted by Crippen LogP contribution is -1.86. The summed E-state index contributed by atoms with van der Waals surface area (Å²) in [6, 6.07) is 6.80. The largest absolute Gasteiger partial charge is 0.507 e. The highest BCUT2D eigenvalue weighted by atomic mass is 16.5. The fourth-order valence-corrected chi connectivity index (χ4v) is 1.89. The zero-order valence-corrected chi connectivity index (χ0v) is 10.1. The van der Waals surface area contributed by atoms with Crippen molar-refractivity contribution in [2.75, 3.05) is 7.11 Å². The minimum atomic E-state index is 0.105. The number of rotatable bonds is 3. The summed E-state index contributed by atoms with van der Waals surface area (Å²) >= 11 is 0. The van der Waals surface area contributed by atoms with E-state index >= 15 is 0 Å². The molecule has 0 spiro atoms. The topological polar surface area (TPSA) is 84.2 Å². The molecule has 0 bridgehead atoms. The minimum Gasteiger partial charge on any atom is -0.507 e. The van der Waals surface area contributed by atoms with E-state index < -0.39 is 0 Å². The van der Waals surface area contributed by atoms with Crippen molar-refractivity contribution in [3.63, 3.8) is 0 Å². The van der Waals surface area contributed by atoms with Crippen molar-refractivity contribution >= 4 is 0 Å². The third kappa shape index (κ3) is 1.93. The van der Waals surface area contributed by atoms with Gasteiger partial charge in [-0.1, -0.05) is 5.16 Å². The van der Waals surface area contributed by atoms with Crippen molar-refractivity contribution in [2.45, 2.75) is 0 Å². The van der Waals surface area contributed by atoms with Crippen molar-refractivity contribution < 1.29 is 14.4 Å². The number of aromatic hydroxyl groups is 1. The Morgan fingerprint density at radius 2 is 2.16 bits per heavy atom. The summed E-state index contributed by atoms with van der Waals surface area (Å²) in [7, 11) is 1.55. The molecule has 0 radical (unpaired) electrons. The van der Waals surface area contributed by atoms with Gasteiger partial charge in [0, 0.05) is 23.3 Å². The average molecular weight is 257 g/mol. The van der Waals surface area contributed by atoms with Gasteiger partial charge in [-0.05, 0) is 12.1 Å². The van der Waals surface area contributed by atoms with Gasteiger partial charge >= 0.3 is 0 Å². The van der Waals surface area contributed by atoms with Crippen LogP contribution in [0.15, 0.2) is 41.2 Å². The van der Waals surface area contributed by atoms with E-state index in [1.165, 1.54) is 6.26 Å². The van der Waals surface area contributed by atoms with E-state index in [9.17, 15) is 5.11 Å². The van der Waals surface area contributed by atoms with Crippen molar-refractivity contribution in [3.8, 4) is 34.0 Å². The molecule has 0 aliphatic carbocycles. The zero-order chi connectivity index (χ0) is 13.2. The molecule has 19 heavy (non-hydrogen) atoms. The van der Waals surface area contributed by atoms with Gasteiger partial charge in [-0.25, -0.2) is 0 Å². The van der Waals surface area contributed by atoms with Crippen LogP contribution >= 0.6 is 0 Å². The lowest BCUT2D eigenvalue weighted by atomic mass is 10.0. The van der Waals surface area contributed by atoms with Gasteiger partial charge in [0.15, 0.2) is 0 Å². The number of H-pyrrole nitrogens is 1. The Morgan fingerprint density at radius 3 is 2.84 bits per heavy atom. The molecule has 6 nitrogen and oxygen atoms in total. The molecule has 1 aromatic carbocycles. The van der Waals surface area contributed by atoms with E-state index in [0.717, 1.165) is 5.56 Å². The van der Waals surface area contributed by atoms with Crippen LogP contribution in [-0.2, 0) is 0 Å². The maximum absolute atomic E-state index is 10.0. The summed E-state index contributed by atoms with van der Waals surface area (Å²) in [5.41, 5.74) is 2.71. The first kappa shape index (κ1) is 11.3. The molecule has 0 aliphatic rings. The summed E-state index contributed by atoms with van der Waals surface area (Å²) in [4.78, 5) is 0. The van der Waals surface area contributed by atoms with Crippen LogP contribution in [0.5, 0.6) is 11.5 Å². The number of hydrogen-bond donors (Lipinski definition) is 2. The van der Waals surface area contributed by atoms with Gasteiger partial charge in [0.05, 0.1) is 19.0 Å². The Morgan fingerprint density at radius 1 is 1.26 bits per heavy atom. The second-order valence-electron chi connectivity index (χ2n) is 3.93. The molecule has 0 unspecified atom stereocenters. The number of phenolic OH excluding ortho intramolecular Hbond substituents is 1. The van der Waals surface area contributed by atoms with E-state index in [1.54, 1.807) is 37.6 Å². The number of aromatic nitrogens is 3. The van der Waals surface area contributed by atoms with Gasteiger partial charge in [0.25, 0.3) is 0 Å². The predicted molar refractivity (Wildman–Crippen MR) is 67.7 cm³/mol. The predicted octanol–water partition coefficient (Wildman–Crippen LogP) is 2.45. The van der Waals surface area contributed by atoms with E-state index in [2.05, 4.69) is 15.4 Å². The molecule has 0 fully saturated rings. The van der Waals surface area contributed by atoms with Crippen molar-refractivity contribution in [2.24, 2.45) is 0 Å². The molecule has 96 valence electrons. The van der Waals surface area contributed by atoms with Gasteiger partial charge in [-0.3, -0.25) is 5.10 Å². The zero-order valence-electron chi connectivity index (χ0n) is 10.1. The quantitative estimate of drug-likeness (QED) is 0.752. The third-order valence-electron chi connectivity index (χ3n) is 2.83. The highest BCUT2D eigenvalue weighted by molar-refractivity contribution is 5.81. The minimum absolute atomic E-state index is 0.105. The lowest BCUT2D eigenvalue weighted by molar-refractivity contribution is 0.408. The van der Waals surface area contributed by atoms with E-state index in [4.69, 9.17) is 9.26 Å². The fraction of sp³-hybridized carbons (Fsp3) is 0.0769. The SMILES string of the molecule is COc1ccc(-c2[nH]ncc2-c2ccon2)c(O)c1. The summed E-state index contributed by atoms with van der Waals surface area (Å²) in [5.74, 6) is 0.692. The van der Waals surface area contributed by atoms with E-state index in [1.807, 2.05) is 0 Å². The van der Waals surface area contributed by atoms with E-state index in [0.29, 0.717) is 22.7 Å². The lowest BCUT2D eigenvalue weighted by Gasteiger charge is -2.06. The maximum Gasteiger partial charge on any atom is 0.128 e. The van der Waals surface area contributed by atoms with Gasteiger partial charge in [0.1, 0.15) is 23.5 Å². The molecule has 2 aromatic heterocycles. The fourth-order valence-electron chi connectivity index (χ4n) is 1.89. The molecular formula is C13H11N3O3. The smallest absolute Gasteiger partial charge is 0.128 e. The van der Waals surface area contributed by atoms with E-state index in [-0.39, 0.29) is 5.75 Å².